The minimum absolute atomic E-state index is 0. The molecule has 0 unspecified atom stereocenters. The largest absolute Gasteiger partial charge is 0.325 e. The molecule has 88 valence electrons. The van der Waals surface area contributed by atoms with Crippen LogP contribution in [-0.2, 0) is 0 Å². The molecule has 0 aromatic heterocycles. The van der Waals surface area contributed by atoms with Crippen molar-refractivity contribution < 1.29 is 4.79 Å². The van der Waals surface area contributed by atoms with Gasteiger partial charge in [0.05, 0.1) is 0 Å². The summed E-state index contributed by atoms with van der Waals surface area (Å²) in [4.78, 5) is 16.0. The van der Waals surface area contributed by atoms with Crippen LogP contribution in [0.15, 0.2) is 0 Å². The third kappa shape index (κ3) is 3.24. The monoisotopic (exact) mass is 233 g/mol. The van der Waals surface area contributed by atoms with Gasteiger partial charge >= 0.3 is 6.03 Å². The van der Waals surface area contributed by atoms with Gasteiger partial charge in [0.25, 0.3) is 0 Å². The molecule has 0 bridgehead atoms. The molecule has 5 heteroatoms. The molecule has 2 heterocycles. The SMILES string of the molecule is Cl.O=C(N1CCCC1)N1CCCNCC1. The molecule has 0 atom stereocenters. The molecule has 0 saturated carbocycles. The molecule has 2 fully saturated rings. The number of hydrogen-bond acceptors (Lipinski definition) is 2. The fourth-order valence-electron chi connectivity index (χ4n) is 2.15. The van der Waals surface area contributed by atoms with E-state index in [2.05, 4.69) is 5.32 Å². The maximum atomic E-state index is 12.0. The lowest BCUT2D eigenvalue weighted by Gasteiger charge is -2.26. The zero-order chi connectivity index (χ0) is 9.80. The van der Waals surface area contributed by atoms with Gasteiger partial charge in [-0.05, 0) is 25.8 Å². The summed E-state index contributed by atoms with van der Waals surface area (Å²) in [6.45, 7) is 5.70. The highest BCUT2D eigenvalue weighted by Crippen LogP contribution is 2.11. The predicted molar refractivity (Wildman–Crippen MR) is 62.5 cm³/mol. The fraction of sp³-hybridized carbons (Fsp3) is 0.900. The Balaban J connectivity index is 0.00000112. The van der Waals surface area contributed by atoms with Crippen molar-refractivity contribution in [3.8, 4) is 0 Å². The Morgan fingerprint density at radius 2 is 1.47 bits per heavy atom. The van der Waals surface area contributed by atoms with Crippen LogP contribution >= 0.6 is 12.4 Å². The molecule has 2 aliphatic heterocycles. The number of carbonyl (C=O) groups excluding carboxylic acids is 1. The van der Waals surface area contributed by atoms with Crippen LogP contribution in [-0.4, -0.2) is 55.1 Å². The quantitative estimate of drug-likeness (QED) is 0.676. The molecule has 2 amide bonds. The molecule has 15 heavy (non-hydrogen) atoms. The van der Waals surface area contributed by atoms with Crippen molar-refractivity contribution in [3.05, 3.63) is 0 Å². The lowest BCUT2D eigenvalue weighted by Crippen LogP contribution is -2.43. The summed E-state index contributed by atoms with van der Waals surface area (Å²) in [5.41, 5.74) is 0. The zero-order valence-electron chi connectivity index (χ0n) is 9.07. The summed E-state index contributed by atoms with van der Waals surface area (Å²) in [6, 6.07) is 0.256. The summed E-state index contributed by atoms with van der Waals surface area (Å²) in [7, 11) is 0. The van der Waals surface area contributed by atoms with E-state index in [0.29, 0.717) is 0 Å². The molecule has 0 aromatic carbocycles. The Kier molecular flexibility index (Phi) is 5.19. The maximum absolute atomic E-state index is 12.0. The molecule has 2 aliphatic rings. The van der Waals surface area contributed by atoms with Gasteiger partial charge in [-0.1, -0.05) is 0 Å². The average Bonchev–Trinajstić information content (AvgIpc) is 2.59. The van der Waals surface area contributed by atoms with E-state index >= 15 is 0 Å². The molecule has 0 aliphatic carbocycles. The van der Waals surface area contributed by atoms with E-state index in [0.717, 1.165) is 45.7 Å². The fourth-order valence-corrected chi connectivity index (χ4v) is 2.15. The van der Waals surface area contributed by atoms with Gasteiger partial charge in [-0.15, -0.1) is 12.4 Å². The number of hydrogen-bond donors (Lipinski definition) is 1. The Hall–Kier alpha value is -0.480. The van der Waals surface area contributed by atoms with Gasteiger partial charge in [-0.25, -0.2) is 4.79 Å². The lowest BCUT2D eigenvalue weighted by atomic mass is 10.4. The zero-order valence-corrected chi connectivity index (χ0v) is 9.89. The minimum Gasteiger partial charge on any atom is -0.325 e. The Labute approximate surface area is 97.4 Å². The number of amides is 2. The molecule has 1 N–H and O–H groups in total. The molecule has 2 rings (SSSR count). The first-order valence-electron chi connectivity index (χ1n) is 5.62. The summed E-state index contributed by atoms with van der Waals surface area (Å²) in [5.74, 6) is 0. The second-order valence-electron chi connectivity index (χ2n) is 4.07. The van der Waals surface area contributed by atoms with Gasteiger partial charge in [0.1, 0.15) is 0 Å². The average molecular weight is 234 g/mol. The van der Waals surface area contributed by atoms with Crippen molar-refractivity contribution in [2.45, 2.75) is 19.3 Å². The van der Waals surface area contributed by atoms with Crippen LogP contribution in [0.2, 0.25) is 0 Å². The number of urea groups is 1. The van der Waals surface area contributed by atoms with Crippen LogP contribution in [0, 0.1) is 0 Å². The highest BCUT2D eigenvalue weighted by molar-refractivity contribution is 5.85. The van der Waals surface area contributed by atoms with E-state index in [1.807, 2.05) is 9.80 Å². The number of carbonyl (C=O) groups is 1. The second-order valence-corrected chi connectivity index (χ2v) is 4.07. The van der Waals surface area contributed by atoms with Crippen molar-refractivity contribution in [1.29, 1.82) is 0 Å². The van der Waals surface area contributed by atoms with Crippen LogP contribution in [0.3, 0.4) is 0 Å². The maximum Gasteiger partial charge on any atom is 0.320 e. The summed E-state index contributed by atoms with van der Waals surface area (Å²) in [6.07, 6.45) is 3.44. The van der Waals surface area contributed by atoms with Crippen LogP contribution in [0.4, 0.5) is 4.79 Å². The van der Waals surface area contributed by atoms with Crippen molar-refractivity contribution in [3.63, 3.8) is 0 Å². The normalized spacial score (nSPS) is 22.1. The highest BCUT2D eigenvalue weighted by Gasteiger charge is 2.23. The van der Waals surface area contributed by atoms with Crippen molar-refractivity contribution in [2.75, 3.05) is 39.3 Å². The van der Waals surface area contributed by atoms with Crippen LogP contribution in [0.5, 0.6) is 0 Å². The van der Waals surface area contributed by atoms with E-state index in [4.69, 9.17) is 0 Å². The van der Waals surface area contributed by atoms with Gasteiger partial charge in [0.2, 0.25) is 0 Å². The molecule has 0 radical (unpaired) electrons. The molecular formula is C10H20ClN3O. The van der Waals surface area contributed by atoms with Crippen molar-refractivity contribution in [1.82, 2.24) is 15.1 Å². The van der Waals surface area contributed by atoms with E-state index in [1.165, 1.54) is 12.8 Å². The number of rotatable bonds is 0. The molecule has 2 saturated heterocycles. The highest BCUT2D eigenvalue weighted by atomic mass is 35.5. The van der Waals surface area contributed by atoms with Crippen LogP contribution < -0.4 is 5.32 Å². The smallest absolute Gasteiger partial charge is 0.320 e. The second kappa shape index (κ2) is 6.18. The standard InChI is InChI=1S/C10H19N3O.ClH/c14-10(12-6-1-2-7-12)13-8-3-4-11-5-9-13;/h11H,1-9H2;1H. The number of likely N-dealkylation sites (tertiary alicyclic amines) is 1. The molecular weight excluding hydrogens is 214 g/mol. The van der Waals surface area contributed by atoms with Gasteiger partial charge in [0.15, 0.2) is 0 Å². The third-order valence-electron chi connectivity index (χ3n) is 2.99. The van der Waals surface area contributed by atoms with Crippen molar-refractivity contribution in [2.24, 2.45) is 0 Å². The van der Waals surface area contributed by atoms with Gasteiger partial charge in [-0.3, -0.25) is 0 Å². The van der Waals surface area contributed by atoms with Gasteiger partial charge in [-0.2, -0.15) is 0 Å². The third-order valence-corrected chi connectivity index (χ3v) is 2.99. The van der Waals surface area contributed by atoms with E-state index in [9.17, 15) is 4.79 Å². The van der Waals surface area contributed by atoms with Crippen LogP contribution in [0.25, 0.3) is 0 Å². The van der Waals surface area contributed by atoms with Gasteiger partial charge in [0, 0.05) is 32.7 Å². The first kappa shape index (κ1) is 12.6. The Morgan fingerprint density at radius 1 is 0.867 bits per heavy atom. The molecule has 0 spiro atoms. The van der Waals surface area contributed by atoms with E-state index < -0.39 is 0 Å². The van der Waals surface area contributed by atoms with Crippen LogP contribution in [0.1, 0.15) is 19.3 Å². The minimum atomic E-state index is 0. The molecule has 0 aromatic rings. The molecule has 4 nitrogen and oxygen atoms in total. The predicted octanol–water partition coefficient (Wildman–Crippen LogP) is 0.919. The van der Waals surface area contributed by atoms with Crippen molar-refractivity contribution >= 4 is 18.4 Å². The Bertz CT molecular complexity index is 199. The lowest BCUT2D eigenvalue weighted by molar-refractivity contribution is 0.165. The number of halogens is 1. The summed E-state index contributed by atoms with van der Waals surface area (Å²) >= 11 is 0. The first-order valence-corrected chi connectivity index (χ1v) is 5.62. The van der Waals surface area contributed by atoms with Gasteiger partial charge < -0.3 is 15.1 Å². The first-order chi connectivity index (χ1) is 6.88. The summed E-state index contributed by atoms with van der Waals surface area (Å²) < 4.78 is 0. The number of nitrogens with one attached hydrogen (secondary N) is 1. The van der Waals surface area contributed by atoms with E-state index in [1.54, 1.807) is 0 Å². The summed E-state index contributed by atoms with van der Waals surface area (Å²) in [5, 5.41) is 3.31. The van der Waals surface area contributed by atoms with E-state index in [-0.39, 0.29) is 18.4 Å². The number of nitrogens with zero attached hydrogens (tertiary/aromatic N) is 2. The topological polar surface area (TPSA) is 35.6 Å². The Morgan fingerprint density at radius 3 is 2.20 bits per heavy atom.